The molecule has 3 rings (SSSR count). The second kappa shape index (κ2) is 7.77. The second-order valence-electron chi connectivity index (χ2n) is 6.28. The van der Waals surface area contributed by atoms with Crippen LogP contribution in [0.4, 0.5) is 10.1 Å². The van der Waals surface area contributed by atoms with Crippen LogP contribution >= 0.6 is 0 Å². The lowest BCUT2D eigenvalue weighted by molar-refractivity contribution is 0.122. The Balaban J connectivity index is 1.58. The number of hydrogen-bond donors (Lipinski definition) is 1. The van der Waals surface area contributed by atoms with Crippen LogP contribution in [-0.4, -0.2) is 42.1 Å². The molecule has 1 aliphatic rings. The van der Waals surface area contributed by atoms with Crippen LogP contribution in [0.15, 0.2) is 36.7 Å². The molecule has 1 aromatic carbocycles. The number of hydrogen-bond acceptors (Lipinski definition) is 4. The minimum atomic E-state index is -0.163. The number of rotatable bonds is 6. The van der Waals surface area contributed by atoms with Crippen LogP contribution in [0.3, 0.4) is 0 Å². The summed E-state index contributed by atoms with van der Waals surface area (Å²) in [5.41, 5.74) is 1.61. The maximum atomic E-state index is 14.4. The molecule has 2 aromatic rings. The molecule has 1 aliphatic heterocycles. The third-order valence-corrected chi connectivity index (χ3v) is 4.66. The van der Waals surface area contributed by atoms with Gasteiger partial charge in [-0.2, -0.15) is 5.10 Å². The van der Waals surface area contributed by atoms with Gasteiger partial charge in [-0.25, -0.2) is 4.39 Å². The summed E-state index contributed by atoms with van der Waals surface area (Å²) in [7, 11) is 0. The average Bonchev–Trinajstić information content (AvgIpc) is 3.14. The molecular weight excluding hydrogens is 307 g/mol. The number of aromatic nitrogens is 2. The molecule has 2 unspecified atom stereocenters. The molecule has 0 saturated carbocycles. The second-order valence-corrected chi connectivity index (χ2v) is 6.28. The van der Waals surface area contributed by atoms with Crippen molar-refractivity contribution >= 4 is 5.69 Å². The molecule has 130 valence electrons. The molecule has 24 heavy (non-hydrogen) atoms. The van der Waals surface area contributed by atoms with Crippen LogP contribution in [0.5, 0.6) is 0 Å². The van der Waals surface area contributed by atoms with Crippen molar-refractivity contribution in [1.29, 1.82) is 0 Å². The number of ether oxygens (including phenoxy) is 1. The van der Waals surface area contributed by atoms with Crippen molar-refractivity contribution in [3.63, 3.8) is 0 Å². The largest absolute Gasteiger partial charge is 0.378 e. The molecule has 5 nitrogen and oxygen atoms in total. The monoisotopic (exact) mass is 332 g/mol. The lowest BCUT2D eigenvalue weighted by atomic mass is 10.1. The summed E-state index contributed by atoms with van der Waals surface area (Å²) in [5.74, 6) is -0.163. The predicted octanol–water partition coefficient (Wildman–Crippen LogP) is 2.60. The topological polar surface area (TPSA) is 42.3 Å². The fourth-order valence-corrected chi connectivity index (χ4v) is 2.92. The van der Waals surface area contributed by atoms with E-state index in [0.717, 1.165) is 18.7 Å². The van der Waals surface area contributed by atoms with Crippen molar-refractivity contribution in [3.8, 4) is 0 Å². The van der Waals surface area contributed by atoms with Gasteiger partial charge < -0.3 is 15.0 Å². The van der Waals surface area contributed by atoms with E-state index in [-0.39, 0.29) is 17.9 Å². The molecule has 2 atom stereocenters. The van der Waals surface area contributed by atoms with Gasteiger partial charge in [-0.15, -0.1) is 0 Å². The zero-order valence-electron chi connectivity index (χ0n) is 14.3. The molecule has 0 bridgehead atoms. The lowest BCUT2D eigenvalue weighted by Gasteiger charge is -2.29. The summed E-state index contributed by atoms with van der Waals surface area (Å²) in [6, 6.07) is 7.88. The minimum Gasteiger partial charge on any atom is -0.378 e. The van der Waals surface area contributed by atoms with Gasteiger partial charge in [0.05, 0.1) is 24.9 Å². The van der Waals surface area contributed by atoms with Crippen LogP contribution in [0.25, 0.3) is 0 Å². The molecule has 0 aliphatic carbocycles. The highest BCUT2D eigenvalue weighted by Crippen LogP contribution is 2.22. The normalized spacial score (nSPS) is 17.7. The highest BCUT2D eigenvalue weighted by molar-refractivity contribution is 5.49. The highest BCUT2D eigenvalue weighted by atomic mass is 19.1. The lowest BCUT2D eigenvalue weighted by Crippen LogP contribution is -2.36. The van der Waals surface area contributed by atoms with E-state index in [1.54, 1.807) is 12.3 Å². The highest BCUT2D eigenvalue weighted by Gasteiger charge is 2.16. The van der Waals surface area contributed by atoms with Gasteiger partial charge in [-0.05, 0) is 37.6 Å². The number of nitrogens with zero attached hydrogens (tertiary/aromatic N) is 3. The molecule has 1 saturated heterocycles. The third kappa shape index (κ3) is 3.94. The molecule has 0 amide bonds. The van der Waals surface area contributed by atoms with Gasteiger partial charge in [0.2, 0.25) is 0 Å². The van der Waals surface area contributed by atoms with E-state index in [1.807, 2.05) is 34.0 Å². The molecule has 6 heteroatoms. The van der Waals surface area contributed by atoms with E-state index in [1.165, 1.54) is 0 Å². The van der Waals surface area contributed by atoms with Crippen LogP contribution in [0.1, 0.15) is 25.5 Å². The van der Waals surface area contributed by atoms with E-state index in [2.05, 4.69) is 24.3 Å². The molecular formula is C18H25FN4O. The van der Waals surface area contributed by atoms with Gasteiger partial charge in [-0.3, -0.25) is 4.68 Å². The van der Waals surface area contributed by atoms with Gasteiger partial charge in [0.15, 0.2) is 0 Å². The molecule has 1 fully saturated rings. The number of halogens is 1. The zero-order valence-corrected chi connectivity index (χ0v) is 14.3. The third-order valence-electron chi connectivity index (χ3n) is 4.66. The first-order valence-electron chi connectivity index (χ1n) is 8.49. The standard InChI is InChI=1S/C18H25FN4O/c1-14(15(2)23-7-3-6-21-23)20-13-16-4-5-18(17(19)12-16)22-8-10-24-11-9-22/h3-7,12,14-15,20H,8-11,13H2,1-2H3. The van der Waals surface area contributed by atoms with Crippen LogP contribution in [0, 0.1) is 5.82 Å². The summed E-state index contributed by atoms with van der Waals surface area (Å²) in [4.78, 5) is 2.04. The Morgan fingerprint density at radius 2 is 2.08 bits per heavy atom. The Bertz CT molecular complexity index is 640. The first-order valence-corrected chi connectivity index (χ1v) is 8.49. The maximum absolute atomic E-state index is 14.4. The summed E-state index contributed by atoms with van der Waals surface area (Å²) in [6.07, 6.45) is 3.74. The Hall–Kier alpha value is -1.92. The summed E-state index contributed by atoms with van der Waals surface area (Å²) in [5, 5.41) is 7.72. The Morgan fingerprint density at radius 1 is 1.29 bits per heavy atom. The number of anilines is 1. The van der Waals surface area contributed by atoms with Crippen molar-refractivity contribution in [3.05, 3.63) is 48.0 Å². The van der Waals surface area contributed by atoms with Crippen LogP contribution in [-0.2, 0) is 11.3 Å². The Kier molecular flexibility index (Phi) is 5.48. The van der Waals surface area contributed by atoms with E-state index in [9.17, 15) is 4.39 Å². The van der Waals surface area contributed by atoms with Crippen molar-refractivity contribution in [1.82, 2.24) is 15.1 Å². The molecule has 2 heterocycles. The Morgan fingerprint density at radius 3 is 2.75 bits per heavy atom. The minimum absolute atomic E-state index is 0.163. The van der Waals surface area contributed by atoms with Gasteiger partial charge in [0.1, 0.15) is 5.82 Å². The predicted molar refractivity (Wildman–Crippen MR) is 92.7 cm³/mol. The van der Waals surface area contributed by atoms with E-state index in [0.29, 0.717) is 25.4 Å². The fraction of sp³-hybridized carbons (Fsp3) is 0.500. The van der Waals surface area contributed by atoms with Crippen molar-refractivity contribution in [2.75, 3.05) is 31.2 Å². The van der Waals surface area contributed by atoms with Gasteiger partial charge in [0.25, 0.3) is 0 Å². The summed E-state index contributed by atoms with van der Waals surface area (Å²) in [6.45, 7) is 7.67. The van der Waals surface area contributed by atoms with Crippen molar-refractivity contribution in [2.24, 2.45) is 0 Å². The number of morpholine rings is 1. The zero-order chi connectivity index (χ0) is 16.9. The summed E-state index contributed by atoms with van der Waals surface area (Å²) < 4.78 is 21.7. The van der Waals surface area contributed by atoms with E-state index < -0.39 is 0 Å². The fourth-order valence-electron chi connectivity index (χ4n) is 2.92. The van der Waals surface area contributed by atoms with E-state index >= 15 is 0 Å². The van der Waals surface area contributed by atoms with Crippen molar-refractivity contribution < 1.29 is 9.13 Å². The molecule has 0 spiro atoms. The maximum Gasteiger partial charge on any atom is 0.146 e. The summed E-state index contributed by atoms with van der Waals surface area (Å²) >= 11 is 0. The molecule has 1 aromatic heterocycles. The number of nitrogens with one attached hydrogen (secondary N) is 1. The van der Waals surface area contributed by atoms with Crippen LogP contribution < -0.4 is 10.2 Å². The SMILES string of the molecule is CC(NCc1ccc(N2CCOCC2)c(F)c1)C(C)n1cccn1. The number of benzene rings is 1. The first kappa shape index (κ1) is 16.9. The average molecular weight is 332 g/mol. The smallest absolute Gasteiger partial charge is 0.146 e. The first-order chi connectivity index (χ1) is 11.6. The van der Waals surface area contributed by atoms with Gasteiger partial charge in [0, 0.05) is 38.1 Å². The molecule has 0 radical (unpaired) electrons. The molecule has 1 N–H and O–H groups in total. The van der Waals surface area contributed by atoms with Gasteiger partial charge >= 0.3 is 0 Å². The van der Waals surface area contributed by atoms with Crippen LogP contribution in [0.2, 0.25) is 0 Å². The quantitative estimate of drug-likeness (QED) is 0.883. The van der Waals surface area contributed by atoms with Crippen molar-refractivity contribution in [2.45, 2.75) is 32.5 Å². The van der Waals surface area contributed by atoms with E-state index in [4.69, 9.17) is 4.74 Å². The van der Waals surface area contributed by atoms with Gasteiger partial charge in [-0.1, -0.05) is 6.07 Å². The Labute approximate surface area is 142 Å².